The summed E-state index contributed by atoms with van der Waals surface area (Å²) in [5, 5.41) is 3.37. The summed E-state index contributed by atoms with van der Waals surface area (Å²) in [6.45, 7) is 0. The molecule has 0 radical (unpaired) electrons. The Bertz CT molecular complexity index is 1180. The van der Waals surface area contributed by atoms with Gasteiger partial charge < -0.3 is 10.1 Å². The Morgan fingerprint density at radius 3 is 2.68 bits per heavy atom. The third-order valence-corrected chi connectivity index (χ3v) is 3.95. The minimum atomic E-state index is -1.03. The molecule has 0 saturated carbocycles. The van der Waals surface area contributed by atoms with Crippen LogP contribution in [0.25, 0.3) is 10.9 Å². The smallest absolute Gasteiger partial charge is 0.277 e. The van der Waals surface area contributed by atoms with Gasteiger partial charge in [-0.05, 0) is 30.3 Å². The zero-order valence-electron chi connectivity index (χ0n) is 14.4. The summed E-state index contributed by atoms with van der Waals surface area (Å²) in [5.41, 5.74) is 0.682. The Morgan fingerprint density at radius 2 is 1.82 bits per heavy atom. The lowest BCUT2D eigenvalue weighted by atomic mass is 10.2. The second kappa shape index (κ2) is 7.40. The van der Waals surface area contributed by atoms with Crippen LogP contribution in [0.15, 0.2) is 73.1 Å². The molecule has 2 aromatic heterocycles. The molecule has 0 aliphatic heterocycles. The largest absolute Gasteiger partial charge is 0.457 e. The van der Waals surface area contributed by atoms with Crippen molar-refractivity contribution in [2.45, 2.75) is 0 Å². The molecule has 7 heteroatoms. The van der Waals surface area contributed by atoms with Crippen LogP contribution in [-0.4, -0.2) is 15.9 Å². The Kier molecular flexibility index (Phi) is 4.63. The van der Waals surface area contributed by atoms with Gasteiger partial charge in [0.2, 0.25) is 0 Å². The van der Waals surface area contributed by atoms with Gasteiger partial charge in [0.05, 0.1) is 11.7 Å². The van der Waals surface area contributed by atoms with Crippen LogP contribution in [0.1, 0.15) is 10.5 Å². The number of fused-ring (bicyclic) bond motifs is 1. The van der Waals surface area contributed by atoms with Crippen LogP contribution >= 0.6 is 0 Å². The predicted molar refractivity (Wildman–Crippen MR) is 100 cm³/mol. The number of benzene rings is 2. The van der Waals surface area contributed by atoms with Gasteiger partial charge in [-0.25, -0.2) is 13.8 Å². The normalized spacial score (nSPS) is 10.6. The summed E-state index contributed by atoms with van der Waals surface area (Å²) in [6.07, 6.45) is 2.43. The Hall–Kier alpha value is -3.87. The number of nitrogens with one attached hydrogen (secondary N) is 1. The van der Waals surface area contributed by atoms with Gasteiger partial charge in [0.15, 0.2) is 11.5 Å². The van der Waals surface area contributed by atoms with Crippen molar-refractivity contribution in [2.75, 3.05) is 5.32 Å². The van der Waals surface area contributed by atoms with Gasteiger partial charge in [-0.15, -0.1) is 0 Å². The van der Waals surface area contributed by atoms with Crippen molar-refractivity contribution in [2.24, 2.45) is 0 Å². The molecule has 138 valence electrons. The lowest BCUT2D eigenvalue weighted by Crippen LogP contribution is -2.15. The van der Waals surface area contributed by atoms with Crippen LogP contribution in [0.3, 0.4) is 0 Å². The standard InChI is InChI=1S/C21H13F2N3O2/c22-13-10-17(23)20(25-12-13)21(27)26-14-4-3-5-15(11-14)28-19-8-9-24-18-7-2-1-6-16(18)19/h1-12H,(H,26,27). The monoisotopic (exact) mass is 377 g/mol. The summed E-state index contributed by atoms with van der Waals surface area (Å²) < 4.78 is 32.6. The van der Waals surface area contributed by atoms with Crippen molar-refractivity contribution in [1.82, 2.24) is 9.97 Å². The highest BCUT2D eigenvalue weighted by molar-refractivity contribution is 6.03. The van der Waals surface area contributed by atoms with Gasteiger partial charge in [0, 0.05) is 29.4 Å². The molecule has 0 fully saturated rings. The third kappa shape index (κ3) is 3.64. The van der Waals surface area contributed by atoms with E-state index >= 15 is 0 Å². The highest BCUT2D eigenvalue weighted by Crippen LogP contribution is 2.29. The number of amides is 1. The highest BCUT2D eigenvalue weighted by Gasteiger charge is 2.15. The van der Waals surface area contributed by atoms with E-state index in [0.29, 0.717) is 23.3 Å². The first kappa shape index (κ1) is 17.5. The molecule has 0 spiro atoms. The van der Waals surface area contributed by atoms with E-state index in [2.05, 4.69) is 15.3 Å². The predicted octanol–water partition coefficient (Wildman–Crippen LogP) is 4.95. The molecule has 2 aromatic carbocycles. The number of carbonyl (C=O) groups excluding carboxylic acids is 1. The number of nitrogens with zero attached hydrogens (tertiary/aromatic N) is 2. The first-order valence-electron chi connectivity index (χ1n) is 8.34. The van der Waals surface area contributed by atoms with E-state index in [4.69, 9.17) is 4.74 Å². The minimum Gasteiger partial charge on any atom is -0.457 e. The molecular formula is C21H13F2N3O2. The minimum absolute atomic E-state index is 0.381. The van der Waals surface area contributed by atoms with Gasteiger partial charge in [0.1, 0.15) is 17.3 Å². The van der Waals surface area contributed by atoms with Crippen LogP contribution < -0.4 is 10.1 Å². The van der Waals surface area contributed by atoms with Crippen molar-refractivity contribution >= 4 is 22.5 Å². The zero-order chi connectivity index (χ0) is 19.5. The summed E-state index contributed by atoms with van der Waals surface area (Å²) in [6, 6.07) is 16.5. The molecule has 1 amide bonds. The number of hydrogen-bond donors (Lipinski definition) is 1. The van der Waals surface area contributed by atoms with E-state index in [1.54, 1.807) is 36.5 Å². The summed E-state index contributed by atoms with van der Waals surface area (Å²) in [5.74, 6) is -1.59. The molecule has 2 heterocycles. The Labute approximate surface area is 158 Å². The quantitative estimate of drug-likeness (QED) is 0.546. The average molecular weight is 377 g/mol. The molecule has 0 aliphatic carbocycles. The van der Waals surface area contributed by atoms with Crippen molar-refractivity contribution in [3.05, 3.63) is 90.4 Å². The molecule has 4 rings (SSSR count). The zero-order valence-corrected chi connectivity index (χ0v) is 14.4. The SMILES string of the molecule is O=C(Nc1cccc(Oc2ccnc3ccccc23)c1)c1ncc(F)cc1F. The van der Waals surface area contributed by atoms with Crippen LogP contribution in [0, 0.1) is 11.6 Å². The van der Waals surface area contributed by atoms with Gasteiger partial charge in [-0.1, -0.05) is 18.2 Å². The maximum Gasteiger partial charge on any atom is 0.277 e. The second-order valence-corrected chi connectivity index (χ2v) is 5.89. The van der Waals surface area contributed by atoms with Crippen LogP contribution in [0.2, 0.25) is 0 Å². The molecule has 28 heavy (non-hydrogen) atoms. The summed E-state index contributed by atoms with van der Waals surface area (Å²) >= 11 is 0. The molecule has 0 atom stereocenters. The number of anilines is 1. The lowest BCUT2D eigenvalue weighted by molar-refractivity contribution is 0.101. The number of pyridine rings is 2. The first-order valence-corrected chi connectivity index (χ1v) is 8.34. The van der Waals surface area contributed by atoms with Gasteiger partial charge in [-0.3, -0.25) is 9.78 Å². The topological polar surface area (TPSA) is 64.1 Å². The van der Waals surface area contributed by atoms with E-state index in [1.165, 1.54) is 0 Å². The highest BCUT2D eigenvalue weighted by atomic mass is 19.1. The molecular weight excluding hydrogens is 364 g/mol. The fourth-order valence-corrected chi connectivity index (χ4v) is 2.69. The third-order valence-electron chi connectivity index (χ3n) is 3.95. The fraction of sp³-hybridized carbons (Fsp3) is 0. The molecule has 0 aliphatic rings. The summed E-state index contributed by atoms with van der Waals surface area (Å²) in [7, 11) is 0. The lowest BCUT2D eigenvalue weighted by Gasteiger charge is -2.10. The number of rotatable bonds is 4. The van der Waals surface area contributed by atoms with Crippen LogP contribution in [0.4, 0.5) is 14.5 Å². The van der Waals surface area contributed by atoms with E-state index < -0.39 is 23.2 Å². The molecule has 1 N–H and O–H groups in total. The Balaban J connectivity index is 1.57. The average Bonchev–Trinajstić information content (AvgIpc) is 2.68. The maximum absolute atomic E-state index is 13.7. The van der Waals surface area contributed by atoms with Gasteiger partial charge in [-0.2, -0.15) is 0 Å². The number of para-hydroxylation sites is 1. The molecule has 5 nitrogen and oxygen atoms in total. The maximum atomic E-state index is 13.7. The fourth-order valence-electron chi connectivity index (χ4n) is 2.69. The number of aromatic nitrogens is 2. The van der Waals surface area contributed by atoms with Crippen LogP contribution in [-0.2, 0) is 0 Å². The van der Waals surface area contributed by atoms with Crippen LogP contribution in [0.5, 0.6) is 11.5 Å². The number of ether oxygens (including phenoxy) is 1. The Morgan fingerprint density at radius 1 is 0.964 bits per heavy atom. The van der Waals surface area contributed by atoms with Crippen molar-refractivity contribution in [3.63, 3.8) is 0 Å². The van der Waals surface area contributed by atoms with E-state index in [1.807, 2.05) is 24.3 Å². The van der Waals surface area contributed by atoms with Gasteiger partial charge in [0.25, 0.3) is 5.91 Å². The summed E-state index contributed by atoms with van der Waals surface area (Å²) in [4.78, 5) is 20.0. The van der Waals surface area contributed by atoms with Crippen molar-refractivity contribution in [1.29, 1.82) is 0 Å². The van der Waals surface area contributed by atoms with Gasteiger partial charge >= 0.3 is 0 Å². The van der Waals surface area contributed by atoms with E-state index in [-0.39, 0.29) is 0 Å². The number of halogens is 2. The molecule has 0 bridgehead atoms. The van der Waals surface area contributed by atoms with Crippen molar-refractivity contribution < 1.29 is 18.3 Å². The van der Waals surface area contributed by atoms with Crippen molar-refractivity contribution in [3.8, 4) is 11.5 Å². The molecule has 0 saturated heterocycles. The number of carbonyl (C=O) groups is 1. The number of hydrogen-bond acceptors (Lipinski definition) is 4. The first-order chi connectivity index (χ1) is 13.6. The molecule has 0 unspecified atom stereocenters. The van der Waals surface area contributed by atoms with E-state index in [0.717, 1.165) is 17.1 Å². The molecule has 4 aromatic rings. The van der Waals surface area contributed by atoms with E-state index in [9.17, 15) is 13.6 Å². The second-order valence-electron chi connectivity index (χ2n) is 5.89.